The van der Waals surface area contributed by atoms with Gasteiger partial charge in [0.25, 0.3) is 10.0 Å². The van der Waals surface area contributed by atoms with E-state index in [9.17, 15) is 13.5 Å². The molecule has 0 aliphatic carbocycles. The molecule has 154 valence electrons. The van der Waals surface area contributed by atoms with Gasteiger partial charge < -0.3 is 9.84 Å². The zero-order valence-corrected chi connectivity index (χ0v) is 18.3. The van der Waals surface area contributed by atoms with Crippen molar-refractivity contribution in [1.29, 1.82) is 5.26 Å². The first-order chi connectivity index (χ1) is 14.4. The number of halogens is 1. The first kappa shape index (κ1) is 21.8. The molecule has 0 saturated heterocycles. The molecule has 3 rings (SSSR count). The fourth-order valence-corrected chi connectivity index (χ4v) is 4.50. The van der Waals surface area contributed by atoms with Gasteiger partial charge in [-0.3, -0.25) is 4.31 Å². The van der Waals surface area contributed by atoms with E-state index in [0.29, 0.717) is 17.0 Å². The highest BCUT2D eigenvalue weighted by atomic mass is 79.9. The fourth-order valence-electron chi connectivity index (χ4n) is 2.73. The van der Waals surface area contributed by atoms with Gasteiger partial charge in [0.2, 0.25) is 0 Å². The molecule has 8 heteroatoms. The number of benzene rings is 3. The standard InChI is InChI=1S/C22H19BrN2O4S/c23-18-8-10-21(11-9-18)29-16-20(26)15-25(19-4-2-1-3-5-19)30(27,28)22-12-6-17(14-24)7-13-22/h1-13,20,26H,15-16H2/t20-/m1/s1. The number of aliphatic hydroxyl groups excluding tert-OH is 1. The molecule has 3 aromatic rings. The molecule has 6 nitrogen and oxygen atoms in total. The molecule has 0 radical (unpaired) electrons. The maximum atomic E-state index is 13.3. The summed E-state index contributed by atoms with van der Waals surface area (Å²) in [6, 6.07) is 23.3. The molecule has 0 unspecified atom stereocenters. The van der Waals surface area contributed by atoms with E-state index >= 15 is 0 Å². The van der Waals surface area contributed by atoms with Crippen molar-refractivity contribution in [3.63, 3.8) is 0 Å². The number of aliphatic hydroxyl groups is 1. The van der Waals surface area contributed by atoms with Gasteiger partial charge in [-0.25, -0.2) is 8.42 Å². The van der Waals surface area contributed by atoms with Crippen LogP contribution in [0.25, 0.3) is 0 Å². The van der Waals surface area contributed by atoms with E-state index in [-0.39, 0.29) is 18.0 Å². The van der Waals surface area contributed by atoms with Gasteiger partial charge in [-0.2, -0.15) is 5.26 Å². The van der Waals surface area contributed by atoms with E-state index in [2.05, 4.69) is 15.9 Å². The third-order valence-corrected chi connectivity index (χ3v) is 6.58. The van der Waals surface area contributed by atoms with E-state index < -0.39 is 16.1 Å². The van der Waals surface area contributed by atoms with E-state index in [0.717, 1.165) is 8.78 Å². The molecule has 0 aromatic heterocycles. The third-order valence-electron chi connectivity index (χ3n) is 4.25. The molecule has 0 amide bonds. The Morgan fingerprint density at radius 2 is 1.63 bits per heavy atom. The average Bonchev–Trinajstić information content (AvgIpc) is 2.77. The predicted molar refractivity (Wildman–Crippen MR) is 118 cm³/mol. The maximum absolute atomic E-state index is 13.3. The van der Waals surface area contributed by atoms with Crippen molar-refractivity contribution in [2.75, 3.05) is 17.5 Å². The van der Waals surface area contributed by atoms with Gasteiger partial charge >= 0.3 is 0 Å². The fraction of sp³-hybridized carbons (Fsp3) is 0.136. The molecule has 0 spiro atoms. The summed E-state index contributed by atoms with van der Waals surface area (Å²) in [4.78, 5) is 0.0337. The van der Waals surface area contributed by atoms with Crippen LogP contribution in [0.1, 0.15) is 5.56 Å². The summed E-state index contributed by atoms with van der Waals surface area (Å²) < 4.78 is 34.2. The minimum Gasteiger partial charge on any atom is -0.491 e. The molecule has 0 bridgehead atoms. The number of para-hydroxylation sites is 1. The first-order valence-electron chi connectivity index (χ1n) is 9.04. The summed E-state index contributed by atoms with van der Waals surface area (Å²) in [7, 11) is -3.96. The van der Waals surface area contributed by atoms with Crippen LogP contribution in [0.5, 0.6) is 5.75 Å². The molecule has 0 aliphatic rings. The molecule has 0 saturated carbocycles. The number of nitriles is 1. The Balaban J connectivity index is 1.81. The molecule has 30 heavy (non-hydrogen) atoms. The highest BCUT2D eigenvalue weighted by molar-refractivity contribution is 9.10. The van der Waals surface area contributed by atoms with E-state index in [1.54, 1.807) is 42.5 Å². The van der Waals surface area contributed by atoms with Crippen molar-refractivity contribution in [1.82, 2.24) is 0 Å². The molecule has 0 aliphatic heterocycles. The van der Waals surface area contributed by atoms with Crippen molar-refractivity contribution >= 4 is 31.6 Å². The van der Waals surface area contributed by atoms with Crippen LogP contribution in [0.15, 0.2) is 88.2 Å². The maximum Gasteiger partial charge on any atom is 0.264 e. The Hall–Kier alpha value is -2.86. The largest absolute Gasteiger partial charge is 0.491 e. The second-order valence-electron chi connectivity index (χ2n) is 6.43. The Morgan fingerprint density at radius 1 is 1.00 bits per heavy atom. The zero-order chi connectivity index (χ0) is 21.6. The van der Waals surface area contributed by atoms with Gasteiger partial charge in [0.05, 0.1) is 28.8 Å². The van der Waals surface area contributed by atoms with Gasteiger partial charge in [0, 0.05) is 4.47 Å². The minimum atomic E-state index is -3.96. The highest BCUT2D eigenvalue weighted by Gasteiger charge is 2.27. The van der Waals surface area contributed by atoms with Gasteiger partial charge in [-0.15, -0.1) is 0 Å². The normalized spacial score (nSPS) is 12.0. The molecule has 1 atom stereocenters. The van der Waals surface area contributed by atoms with Crippen LogP contribution < -0.4 is 9.04 Å². The van der Waals surface area contributed by atoms with Crippen LogP contribution in [-0.4, -0.2) is 32.8 Å². The van der Waals surface area contributed by atoms with Crippen LogP contribution in [-0.2, 0) is 10.0 Å². The number of nitrogens with zero attached hydrogens (tertiary/aromatic N) is 2. The number of anilines is 1. The van der Waals surface area contributed by atoms with Crippen molar-refractivity contribution in [2.24, 2.45) is 0 Å². The van der Waals surface area contributed by atoms with Crippen LogP contribution >= 0.6 is 15.9 Å². The topological polar surface area (TPSA) is 90.6 Å². The van der Waals surface area contributed by atoms with E-state index in [1.807, 2.05) is 18.2 Å². The summed E-state index contributed by atoms with van der Waals surface area (Å²) in [5, 5.41) is 19.5. The Morgan fingerprint density at radius 3 is 2.23 bits per heavy atom. The Kier molecular flexibility index (Phi) is 7.11. The summed E-state index contributed by atoms with van der Waals surface area (Å²) in [6.07, 6.45) is -1.07. The zero-order valence-electron chi connectivity index (χ0n) is 15.8. The quantitative estimate of drug-likeness (QED) is 0.520. The molecule has 3 aromatic carbocycles. The number of sulfonamides is 1. The Bertz CT molecular complexity index is 1110. The minimum absolute atomic E-state index is 0.0337. The van der Waals surface area contributed by atoms with Crippen molar-refractivity contribution in [3.05, 3.63) is 88.9 Å². The molecular formula is C22H19BrN2O4S. The van der Waals surface area contributed by atoms with Crippen LogP contribution in [0.2, 0.25) is 0 Å². The van der Waals surface area contributed by atoms with E-state index in [1.165, 1.54) is 24.3 Å². The van der Waals surface area contributed by atoms with Crippen LogP contribution in [0.3, 0.4) is 0 Å². The van der Waals surface area contributed by atoms with Crippen molar-refractivity contribution in [2.45, 2.75) is 11.0 Å². The lowest BCUT2D eigenvalue weighted by molar-refractivity contribution is 0.115. The summed E-state index contributed by atoms with van der Waals surface area (Å²) in [6.45, 7) is -0.267. The van der Waals surface area contributed by atoms with Gasteiger partial charge in [-0.05, 0) is 60.7 Å². The average molecular weight is 487 g/mol. The molecule has 0 heterocycles. The SMILES string of the molecule is N#Cc1ccc(S(=O)(=O)N(C[C@@H](O)COc2ccc(Br)cc2)c2ccccc2)cc1. The lowest BCUT2D eigenvalue weighted by atomic mass is 10.2. The third kappa shape index (κ3) is 5.39. The molecule has 1 N–H and O–H groups in total. The monoisotopic (exact) mass is 486 g/mol. The smallest absolute Gasteiger partial charge is 0.264 e. The second kappa shape index (κ2) is 9.76. The lowest BCUT2D eigenvalue weighted by Gasteiger charge is -2.27. The van der Waals surface area contributed by atoms with Gasteiger partial charge in [0.1, 0.15) is 18.5 Å². The Labute approximate surface area is 184 Å². The van der Waals surface area contributed by atoms with Gasteiger partial charge in [0.15, 0.2) is 0 Å². The summed E-state index contributed by atoms with van der Waals surface area (Å²) >= 11 is 3.34. The second-order valence-corrected chi connectivity index (χ2v) is 9.20. The number of hydrogen-bond acceptors (Lipinski definition) is 5. The summed E-state index contributed by atoms with van der Waals surface area (Å²) in [5.41, 5.74) is 0.785. The van der Waals surface area contributed by atoms with Crippen molar-refractivity contribution in [3.8, 4) is 11.8 Å². The first-order valence-corrected chi connectivity index (χ1v) is 11.3. The van der Waals surface area contributed by atoms with Crippen LogP contribution in [0, 0.1) is 11.3 Å². The highest BCUT2D eigenvalue weighted by Crippen LogP contribution is 2.24. The number of rotatable bonds is 8. The molecular weight excluding hydrogens is 468 g/mol. The van der Waals surface area contributed by atoms with E-state index in [4.69, 9.17) is 10.00 Å². The molecule has 0 fully saturated rings. The lowest BCUT2D eigenvalue weighted by Crippen LogP contribution is -2.39. The van der Waals surface area contributed by atoms with Crippen LogP contribution in [0.4, 0.5) is 5.69 Å². The summed E-state index contributed by atoms with van der Waals surface area (Å²) in [5.74, 6) is 0.568. The predicted octanol–water partition coefficient (Wildman–Crippen LogP) is 3.96. The van der Waals surface area contributed by atoms with Gasteiger partial charge in [-0.1, -0.05) is 34.1 Å². The van der Waals surface area contributed by atoms with Crippen molar-refractivity contribution < 1.29 is 18.3 Å². The number of ether oxygens (including phenoxy) is 1. The number of hydrogen-bond donors (Lipinski definition) is 1.